The first-order valence-electron chi connectivity index (χ1n) is 5.50. The van der Waals surface area contributed by atoms with E-state index in [2.05, 4.69) is 15.6 Å². The van der Waals surface area contributed by atoms with Gasteiger partial charge < -0.3 is 10.6 Å². The third-order valence-electron chi connectivity index (χ3n) is 2.51. The van der Waals surface area contributed by atoms with E-state index in [1.54, 1.807) is 13.1 Å². The standard InChI is InChI=1S/C13H11ClFN3O/c1-16-12-7-17-5-4-9(12)13(19)18-11-6-8(14)2-3-10(11)15/h2-7,16H,1H3,(H,18,19). The van der Waals surface area contributed by atoms with Gasteiger partial charge in [-0.25, -0.2) is 4.39 Å². The lowest BCUT2D eigenvalue weighted by molar-refractivity contribution is 0.102. The Balaban J connectivity index is 2.28. The zero-order chi connectivity index (χ0) is 13.8. The summed E-state index contributed by atoms with van der Waals surface area (Å²) in [7, 11) is 1.67. The van der Waals surface area contributed by atoms with Crippen LogP contribution in [0.3, 0.4) is 0 Å². The SMILES string of the molecule is CNc1cnccc1C(=O)Nc1cc(Cl)ccc1F. The van der Waals surface area contributed by atoms with Gasteiger partial charge in [0.05, 0.1) is 23.1 Å². The zero-order valence-electron chi connectivity index (χ0n) is 10.1. The molecule has 1 aromatic heterocycles. The van der Waals surface area contributed by atoms with E-state index in [-0.39, 0.29) is 5.69 Å². The summed E-state index contributed by atoms with van der Waals surface area (Å²) >= 11 is 5.76. The highest BCUT2D eigenvalue weighted by atomic mass is 35.5. The summed E-state index contributed by atoms with van der Waals surface area (Å²) in [5, 5.41) is 5.67. The number of hydrogen-bond donors (Lipinski definition) is 2. The molecule has 98 valence electrons. The number of anilines is 2. The minimum atomic E-state index is -0.544. The summed E-state index contributed by atoms with van der Waals surface area (Å²) in [6.07, 6.45) is 3.01. The van der Waals surface area contributed by atoms with Crippen LogP contribution in [0.25, 0.3) is 0 Å². The van der Waals surface area contributed by atoms with E-state index in [4.69, 9.17) is 11.6 Å². The van der Waals surface area contributed by atoms with Crippen LogP contribution in [0.15, 0.2) is 36.7 Å². The maximum absolute atomic E-state index is 13.5. The summed E-state index contributed by atoms with van der Waals surface area (Å²) in [6.45, 7) is 0. The van der Waals surface area contributed by atoms with Crippen LogP contribution in [0.1, 0.15) is 10.4 Å². The Kier molecular flexibility index (Phi) is 3.97. The van der Waals surface area contributed by atoms with Gasteiger partial charge >= 0.3 is 0 Å². The molecule has 0 spiro atoms. The van der Waals surface area contributed by atoms with Crippen molar-refractivity contribution in [3.8, 4) is 0 Å². The highest BCUT2D eigenvalue weighted by molar-refractivity contribution is 6.31. The number of aromatic nitrogens is 1. The molecule has 4 nitrogen and oxygen atoms in total. The Bertz CT molecular complexity index is 619. The fraction of sp³-hybridized carbons (Fsp3) is 0.0769. The molecule has 0 aliphatic rings. The number of hydrogen-bond acceptors (Lipinski definition) is 3. The molecule has 0 saturated heterocycles. The number of benzene rings is 1. The third kappa shape index (κ3) is 3.00. The molecule has 6 heteroatoms. The smallest absolute Gasteiger partial charge is 0.257 e. The molecule has 1 amide bonds. The summed E-state index contributed by atoms with van der Waals surface area (Å²) in [5.74, 6) is -0.981. The average molecular weight is 280 g/mol. The van der Waals surface area contributed by atoms with E-state index in [1.165, 1.54) is 30.6 Å². The molecule has 2 aromatic rings. The third-order valence-corrected chi connectivity index (χ3v) is 2.75. The second kappa shape index (κ2) is 5.67. The number of carbonyl (C=O) groups excluding carboxylic acids is 1. The number of rotatable bonds is 3. The molecule has 1 heterocycles. The van der Waals surface area contributed by atoms with Crippen molar-refractivity contribution in [1.82, 2.24) is 4.98 Å². The maximum Gasteiger partial charge on any atom is 0.257 e. The Morgan fingerprint density at radius 2 is 2.11 bits per heavy atom. The van der Waals surface area contributed by atoms with Crippen LogP contribution >= 0.6 is 11.6 Å². The number of amides is 1. The van der Waals surface area contributed by atoms with Crippen LogP contribution < -0.4 is 10.6 Å². The zero-order valence-corrected chi connectivity index (χ0v) is 10.8. The molecule has 0 fully saturated rings. The molecule has 0 bridgehead atoms. The van der Waals surface area contributed by atoms with Crippen LogP contribution in [-0.4, -0.2) is 17.9 Å². The molecule has 0 atom stereocenters. The average Bonchev–Trinajstić information content (AvgIpc) is 2.42. The predicted octanol–water partition coefficient (Wildman–Crippen LogP) is 3.17. The summed E-state index contributed by atoms with van der Waals surface area (Å²) in [4.78, 5) is 16.0. The van der Waals surface area contributed by atoms with Crippen molar-refractivity contribution in [2.75, 3.05) is 17.7 Å². The van der Waals surface area contributed by atoms with E-state index in [0.717, 1.165) is 0 Å². The van der Waals surface area contributed by atoms with Crippen molar-refractivity contribution in [3.63, 3.8) is 0 Å². The fourth-order valence-electron chi connectivity index (χ4n) is 1.57. The van der Waals surface area contributed by atoms with Gasteiger partial charge in [-0.3, -0.25) is 9.78 Å². The Morgan fingerprint density at radius 3 is 2.84 bits per heavy atom. The number of halogens is 2. The first kappa shape index (κ1) is 13.3. The normalized spacial score (nSPS) is 10.1. The number of carbonyl (C=O) groups is 1. The summed E-state index contributed by atoms with van der Waals surface area (Å²) in [5.41, 5.74) is 0.968. The quantitative estimate of drug-likeness (QED) is 0.907. The van der Waals surface area contributed by atoms with Crippen molar-refractivity contribution < 1.29 is 9.18 Å². The van der Waals surface area contributed by atoms with Crippen molar-refractivity contribution in [3.05, 3.63) is 53.1 Å². The molecular weight excluding hydrogens is 269 g/mol. The van der Waals surface area contributed by atoms with Crippen molar-refractivity contribution in [2.45, 2.75) is 0 Å². The second-order valence-corrected chi connectivity index (χ2v) is 4.19. The Hall–Kier alpha value is -2.14. The molecule has 2 rings (SSSR count). The number of nitrogens with zero attached hydrogens (tertiary/aromatic N) is 1. The second-order valence-electron chi connectivity index (χ2n) is 3.75. The molecule has 19 heavy (non-hydrogen) atoms. The van der Waals surface area contributed by atoms with E-state index in [0.29, 0.717) is 16.3 Å². The van der Waals surface area contributed by atoms with E-state index in [1.807, 2.05) is 0 Å². The first-order valence-corrected chi connectivity index (χ1v) is 5.88. The minimum Gasteiger partial charge on any atom is -0.386 e. The first-order chi connectivity index (χ1) is 9.11. The predicted molar refractivity (Wildman–Crippen MR) is 73.1 cm³/mol. The van der Waals surface area contributed by atoms with E-state index >= 15 is 0 Å². The van der Waals surface area contributed by atoms with Gasteiger partial charge in [0.2, 0.25) is 0 Å². The van der Waals surface area contributed by atoms with Crippen molar-refractivity contribution in [1.29, 1.82) is 0 Å². The van der Waals surface area contributed by atoms with Gasteiger partial charge in [-0.15, -0.1) is 0 Å². The summed E-state index contributed by atoms with van der Waals surface area (Å²) in [6, 6.07) is 5.51. The molecule has 0 radical (unpaired) electrons. The lowest BCUT2D eigenvalue weighted by Gasteiger charge is -2.10. The Morgan fingerprint density at radius 1 is 1.32 bits per heavy atom. The topological polar surface area (TPSA) is 54.0 Å². The van der Waals surface area contributed by atoms with Gasteiger partial charge in [-0.2, -0.15) is 0 Å². The van der Waals surface area contributed by atoms with Gasteiger partial charge in [0.15, 0.2) is 0 Å². The van der Waals surface area contributed by atoms with Gasteiger partial charge in [0.1, 0.15) is 5.82 Å². The molecule has 0 aliphatic carbocycles. The van der Waals surface area contributed by atoms with Crippen LogP contribution in [0.2, 0.25) is 5.02 Å². The van der Waals surface area contributed by atoms with Crippen LogP contribution in [0.5, 0.6) is 0 Å². The van der Waals surface area contributed by atoms with E-state index in [9.17, 15) is 9.18 Å². The molecule has 2 N–H and O–H groups in total. The Labute approximate surface area is 114 Å². The van der Waals surface area contributed by atoms with Gasteiger partial charge in [0.25, 0.3) is 5.91 Å². The van der Waals surface area contributed by atoms with Crippen LogP contribution in [0.4, 0.5) is 15.8 Å². The lowest BCUT2D eigenvalue weighted by Crippen LogP contribution is -2.15. The highest BCUT2D eigenvalue weighted by Crippen LogP contribution is 2.21. The summed E-state index contributed by atoms with van der Waals surface area (Å²) < 4.78 is 13.5. The molecule has 1 aromatic carbocycles. The van der Waals surface area contributed by atoms with Crippen LogP contribution in [0, 0.1) is 5.82 Å². The minimum absolute atomic E-state index is 0.0383. The molecule has 0 unspecified atom stereocenters. The maximum atomic E-state index is 13.5. The van der Waals surface area contributed by atoms with E-state index < -0.39 is 11.7 Å². The molecule has 0 saturated carbocycles. The number of pyridine rings is 1. The highest BCUT2D eigenvalue weighted by Gasteiger charge is 2.13. The monoisotopic (exact) mass is 279 g/mol. The lowest BCUT2D eigenvalue weighted by atomic mass is 10.2. The molecular formula is C13H11ClFN3O. The fourth-order valence-corrected chi connectivity index (χ4v) is 1.75. The van der Waals surface area contributed by atoms with Crippen molar-refractivity contribution in [2.24, 2.45) is 0 Å². The van der Waals surface area contributed by atoms with Gasteiger partial charge in [-0.05, 0) is 24.3 Å². The number of nitrogens with one attached hydrogen (secondary N) is 2. The van der Waals surface area contributed by atoms with Gasteiger partial charge in [0, 0.05) is 18.3 Å². The largest absolute Gasteiger partial charge is 0.386 e. The molecule has 0 aliphatic heterocycles. The van der Waals surface area contributed by atoms with Gasteiger partial charge in [-0.1, -0.05) is 11.6 Å². The van der Waals surface area contributed by atoms with Crippen LogP contribution in [-0.2, 0) is 0 Å². The van der Waals surface area contributed by atoms with Crippen molar-refractivity contribution >= 4 is 28.9 Å².